The van der Waals surface area contributed by atoms with E-state index in [1.165, 1.54) is 18.4 Å². The van der Waals surface area contributed by atoms with E-state index in [2.05, 4.69) is 47.2 Å². The zero-order valence-electron chi connectivity index (χ0n) is 10.3. The fourth-order valence-corrected chi connectivity index (χ4v) is 3.10. The summed E-state index contributed by atoms with van der Waals surface area (Å²) in [5, 5.41) is 4.44. The molecule has 1 nitrogen and oxygen atoms in total. The molecule has 2 rings (SSSR count). The Morgan fingerprint density at radius 2 is 2.12 bits per heavy atom. The summed E-state index contributed by atoms with van der Waals surface area (Å²) in [6.07, 6.45) is 2.65. The average Bonchev–Trinajstić information content (AvgIpc) is 2.62. The van der Waals surface area contributed by atoms with Crippen molar-refractivity contribution in [1.29, 1.82) is 0 Å². The molecule has 3 heteroatoms. The molecule has 0 radical (unpaired) electrons. The van der Waals surface area contributed by atoms with Crippen LogP contribution in [0.3, 0.4) is 0 Å². The van der Waals surface area contributed by atoms with Crippen molar-refractivity contribution in [3.8, 4) is 0 Å². The molecule has 3 atom stereocenters. The third-order valence-electron chi connectivity index (χ3n) is 4.02. The van der Waals surface area contributed by atoms with Gasteiger partial charge in [0.15, 0.2) is 0 Å². The van der Waals surface area contributed by atoms with Crippen molar-refractivity contribution in [2.24, 2.45) is 11.8 Å². The van der Waals surface area contributed by atoms with E-state index in [0.717, 1.165) is 27.9 Å². The molecule has 94 valence electrons. The van der Waals surface area contributed by atoms with E-state index in [1.54, 1.807) is 0 Å². The van der Waals surface area contributed by atoms with Crippen molar-refractivity contribution < 1.29 is 0 Å². The van der Waals surface area contributed by atoms with Crippen molar-refractivity contribution in [3.63, 3.8) is 0 Å². The van der Waals surface area contributed by atoms with Gasteiger partial charge in [0.1, 0.15) is 0 Å². The molecule has 1 aliphatic carbocycles. The summed E-state index contributed by atoms with van der Waals surface area (Å²) in [5.41, 5.74) is 1.29. The summed E-state index contributed by atoms with van der Waals surface area (Å²) >= 11 is 9.44. The lowest BCUT2D eigenvalue weighted by atomic mass is 9.98. The fraction of sp³-hybridized carbons (Fsp3) is 0.571. The number of nitrogens with one attached hydrogen (secondary N) is 1. The highest BCUT2D eigenvalue weighted by molar-refractivity contribution is 9.10. The van der Waals surface area contributed by atoms with Gasteiger partial charge in [0.05, 0.1) is 5.02 Å². The smallest absolute Gasteiger partial charge is 0.0548 e. The van der Waals surface area contributed by atoms with E-state index < -0.39 is 0 Å². The molecule has 0 heterocycles. The Bertz CT molecular complexity index is 394. The van der Waals surface area contributed by atoms with Gasteiger partial charge in [-0.05, 0) is 58.3 Å². The summed E-state index contributed by atoms with van der Waals surface area (Å²) < 4.78 is 0.978. The second-order valence-corrected chi connectivity index (χ2v) is 6.41. The van der Waals surface area contributed by atoms with Gasteiger partial charge in [-0.3, -0.25) is 0 Å². The lowest BCUT2D eigenvalue weighted by Gasteiger charge is -2.19. The van der Waals surface area contributed by atoms with Crippen LogP contribution in [0.25, 0.3) is 0 Å². The zero-order valence-corrected chi connectivity index (χ0v) is 12.7. The van der Waals surface area contributed by atoms with Crippen LogP contribution >= 0.6 is 27.5 Å². The predicted octanol–water partition coefficient (Wildman–Crippen LogP) is 4.63. The zero-order chi connectivity index (χ0) is 12.4. The van der Waals surface area contributed by atoms with Gasteiger partial charge in [0, 0.05) is 17.1 Å². The maximum absolute atomic E-state index is 5.98. The molecule has 1 aromatic rings. The van der Waals surface area contributed by atoms with Crippen LogP contribution in [-0.4, -0.2) is 6.04 Å². The third kappa shape index (κ3) is 3.24. The molecule has 0 spiro atoms. The number of benzene rings is 1. The first-order chi connectivity index (χ1) is 8.08. The topological polar surface area (TPSA) is 12.0 Å². The summed E-state index contributed by atoms with van der Waals surface area (Å²) in [7, 11) is 0. The Labute approximate surface area is 117 Å². The highest BCUT2D eigenvalue weighted by Crippen LogP contribution is 2.31. The van der Waals surface area contributed by atoms with Crippen LogP contribution in [-0.2, 0) is 6.54 Å². The van der Waals surface area contributed by atoms with Crippen LogP contribution in [0.5, 0.6) is 0 Å². The van der Waals surface area contributed by atoms with E-state index >= 15 is 0 Å². The lowest BCUT2D eigenvalue weighted by Crippen LogP contribution is -2.31. The molecule has 3 unspecified atom stereocenters. The van der Waals surface area contributed by atoms with Crippen LogP contribution in [0.4, 0.5) is 0 Å². The molecule has 0 bridgehead atoms. The summed E-state index contributed by atoms with van der Waals surface area (Å²) in [6, 6.07) is 6.80. The van der Waals surface area contributed by atoms with E-state index in [9.17, 15) is 0 Å². The highest BCUT2D eigenvalue weighted by atomic mass is 79.9. The van der Waals surface area contributed by atoms with Crippen molar-refractivity contribution in [2.45, 2.75) is 39.3 Å². The SMILES string of the molecule is CC1CCC(NCc2ccc(Cl)c(Br)c2)C1C. The molecule has 17 heavy (non-hydrogen) atoms. The fourth-order valence-electron chi connectivity index (χ4n) is 2.55. The second kappa shape index (κ2) is 5.73. The van der Waals surface area contributed by atoms with Crippen molar-refractivity contribution >= 4 is 27.5 Å². The molecule has 1 aromatic carbocycles. The molecular formula is C14H19BrClN. The van der Waals surface area contributed by atoms with E-state index in [-0.39, 0.29) is 0 Å². The normalized spacial score (nSPS) is 28.6. The quantitative estimate of drug-likeness (QED) is 0.857. The molecule has 0 saturated heterocycles. The van der Waals surface area contributed by atoms with Crippen LogP contribution in [0, 0.1) is 11.8 Å². The van der Waals surface area contributed by atoms with Gasteiger partial charge in [0.25, 0.3) is 0 Å². The predicted molar refractivity (Wildman–Crippen MR) is 77.3 cm³/mol. The third-order valence-corrected chi connectivity index (χ3v) is 5.23. The molecule has 0 amide bonds. The van der Waals surface area contributed by atoms with Gasteiger partial charge in [-0.15, -0.1) is 0 Å². The molecule has 0 aromatic heterocycles. The first-order valence-electron chi connectivity index (χ1n) is 6.25. The number of rotatable bonds is 3. The largest absolute Gasteiger partial charge is 0.310 e. The number of hydrogen-bond acceptors (Lipinski definition) is 1. The standard InChI is InChI=1S/C14H19BrClN/c1-9-3-6-14(10(9)2)17-8-11-4-5-13(16)12(15)7-11/h4-5,7,9-10,14,17H,3,6,8H2,1-2H3. The van der Waals surface area contributed by atoms with Crippen molar-refractivity contribution in [2.75, 3.05) is 0 Å². The molecule has 1 N–H and O–H groups in total. The average molecular weight is 317 g/mol. The van der Waals surface area contributed by atoms with Gasteiger partial charge in [-0.2, -0.15) is 0 Å². The molecule has 1 aliphatic rings. The van der Waals surface area contributed by atoms with E-state index in [0.29, 0.717) is 6.04 Å². The molecule has 1 fully saturated rings. The highest BCUT2D eigenvalue weighted by Gasteiger charge is 2.28. The number of hydrogen-bond donors (Lipinski definition) is 1. The van der Waals surface area contributed by atoms with Crippen LogP contribution in [0.1, 0.15) is 32.3 Å². The van der Waals surface area contributed by atoms with Gasteiger partial charge in [-0.1, -0.05) is 31.5 Å². The van der Waals surface area contributed by atoms with Gasteiger partial charge in [0.2, 0.25) is 0 Å². The Kier molecular flexibility index (Phi) is 4.51. The minimum absolute atomic E-state index is 0.666. The van der Waals surface area contributed by atoms with Crippen molar-refractivity contribution in [3.05, 3.63) is 33.3 Å². The summed E-state index contributed by atoms with van der Waals surface area (Å²) in [4.78, 5) is 0. The summed E-state index contributed by atoms with van der Waals surface area (Å²) in [5.74, 6) is 1.63. The molecule has 1 saturated carbocycles. The first-order valence-corrected chi connectivity index (χ1v) is 7.42. The Hall–Kier alpha value is -0.0500. The van der Waals surface area contributed by atoms with Gasteiger partial charge >= 0.3 is 0 Å². The lowest BCUT2D eigenvalue weighted by molar-refractivity contribution is 0.370. The van der Waals surface area contributed by atoms with E-state index in [1.807, 2.05) is 6.07 Å². The first kappa shape index (κ1) is 13.4. The maximum Gasteiger partial charge on any atom is 0.0548 e. The minimum Gasteiger partial charge on any atom is -0.310 e. The van der Waals surface area contributed by atoms with Gasteiger partial charge < -0.3 is 5.32 Å². The van der Waals surface area contributed by atoms with Gasteiger partial charge in [-0.25, -0.2) is 0 Å². The molecular weight excluding hydrogens is 298 g/mol. The monoisotopic (exact) mass is 315 g/mol. The maximum atomic E-state index is 5.98. The minimum atomic E-state index is 0.666. The Morgan fingerprint density at radius 3 is 2.71 bits per heavy atom. The van der Waals surface area contributed by atoms with Crippen LogP contribution in [0.15, 0.2) is 22.7 Å². The Morgan fingerprint density at radius 1 is 1.35 bits per heavy atom. The van der Waals surface area contributed by atoms with Crippen molar-refractivity contribution in [1.82, 2.24) is 5.32 Å². The molecule has 0 aliphatic heterocycles. The number of halogens is 2. The van der Waals surface area contributed by atoms with E-state index in [4.69, 9.17) is 11.6 Å². The van der Waals surface area contributed by atoms with Crippen LogP contribution in [0.2, 0.25) is 5.02 Å². The Balaban J connectivity index is 1.92. The second-order valence-electron chi connectivity index (χ2n) is 5.15. The van der Waals surface area contributed by atoms with Crippen LogP contribution < -0.4 is 5.32 Å². The summed E-state index contributed by atoms with van der Waals surface area (Å²) in [6.45, 7) is 5.63.